The summed E-state index contributed by atoms with van der Waals surface area (Å²) in [6, 6.07) is 7.56. The first-order valence-electron chi connectivity index (χ1n) is 9.02. The van der Waals surface area contributed by atoms with E-state index >= 15 is 8.78 Å². The van der Waals surface area contributed by atoms with E-state index < -0.39 is 20.3 Å². The molecule has 0 radical (unpaired) electrons. The van der Waals surface area contributed by atoms with Crippen molar-refractivity contribution >= 4 is 14.2 Å². The van der Waals surface area contributed by atoms with Gasteiger partial charge < -0.3 is 9.74 Å². The number of amides is 1. The van der Waals surface area contributed by atoms with Gasteiger partial charge in [-0.25, -0.2) is 0 Å². The van der Waals surface area contributed by atoms with Gasteiger partial charge in [0, 0.05) is 18.0 Å². The Balaban J connectivity index is 2.32. The molecule has 0 aliphatic carbocycles. The standard InChI is InChI=1S/C20H29F2NO2Si/c1-19(2,3)26(4,5)25-17(13-11-16-12-14-18(24)23-16)20(21,22)15-9-7-6-8-10-15/h6-11,13,16-17H,12,14H2,1-5H3,(H,23,24)/b13-11+/t16-,17-/m0/s1. The van der Waals surface area contributed by atoms with E-state index in [-0.39, 0.29) is 22.6 Å². The maximum absolute atomic E-state index is 15.2. The molecule has 0 spiro atoms. The van der Waals surface area contributed by atoms with E-state index in [1.807, 2.05) is 33.9 Å². The molecule has 1 saturated heterocycles. The molecule has 1 aromatic carbocycles. The third-order valence-electron chi connectivity index (χ3n) is 5.29. The second-order valence-electron chi connectivity index (χ2n) is 8.39. The zero-order chi connectivity index (χ0) is 19.6. The van der Waals surface area contributed by atoms with E-state index in [9.17, 15) is 4.79 Å². The summed E-state index contributed by atoms with van der Waals surface area (Å²) < 4.78 is 36.6. The highest BCUT2D eigenvalue weighted by molar-refractivity contribution is 6.74. The summed E-state index contributed by atoms with van der Waals surface area (Å²) >= 11 is 0. The molecule has 1 heterocycles. The number of nitrogens with one attached hydrogen (secondary N) is 1. The molecule has 0 saturated carbocycles. The van der Waals surface area contributed by atoms with Crippen LogP contribution in [0.4, 0.5) is 8.78 Å². The molecule has 1 aromatic rings. The number of hydrogen-bond donors (Lipinski definition) is 1. The molecule has 2 atom stereocenters. The number of halogens is 2. The first kappa shape index (κ1) is 20.8. The fraction of sp³-hybridized carbons (Fsp3) is 0.550. The molecular weight excluding hydrogens is 352 g/mol. The quantitative estimate of drug-likeness (QED) is 0.556. The topological polar surface area (TPSA) is 38.3 Å². The van der Waals surface area contributed by atoms with Gasteiger partial charge in [-0.15, -0.1) is 0 Å². The van der Waals surface area contributed by atoms with E-state index in [1.54, 1.807) is 24.3 Å². The number of carbonyl (C=O) groups excluding carboxylic acids is 1. The molecule has 2 rings (SSSR count). The molecule has 26 heavy (non-hydrogen) atoms. The summed E-state index contributed by atoms with van der Waals surface area (Å²) in [5.41, 5.74) is -0.0659. The van der Waals surface area contributed by atoms with Crippen LogP contribution in [-0.4, -0.2) is 26.4 Å². The summed E-state index contributed by atoms with van der Waals surface area (Å²) in [4.78, 5) is 11.4. The first-order chi connectivity index (χ1) is 11.9. The zero-order valence-corrected chi connectivity index (χ0v) is 17.2. The summed E-state index contributed by atoms with van der Waals surface area (Å²) in [6.07, 6.45) is 2.77. The maximum Gasteiger partial charge on any atom is 0.301 e. The normalized spacial score (nSPS) is 20.4. The Morgan fingerprint density at radius 1 is 1.23 bits per heavy atom. The van der Waals surface area contributed by atoms with Crippen molar-refractivity contribution in [2.75, 3.05) is 0 Å². The van der Waals surface area contributed by atoms with Gasteiger partial charge in [0.05, 0.1) is 0 Å². The van der Waals surface area contributed by atoms with E-state index in [2.05, 4.69) is 5.32 Å². The average Bonchev–Trinajstić information content (AvgIpc) is 2.96. The Morgan fingerprint density at radius 3 is 2.35 bits per heavy atom. The highest BCUT2D eigenvalue weighted by Crippen LogP contribution is 2.42. The molecule has 0 aromatic heterocycles. The van der Waals surface area contributed by atoms with Crippen LogP contribution < -0.4 is 5.32 Å². The van der Waals surface area contributed by atoms with Gasteiger partial charge in [0.2, 0.25) is 5.91 Å². The second-order valence-corrected chi connectivity index (χ2v) is 13.1. The van der Waals surface area contributed by atoms with Crippen molar-refractivity contribution in [3.8, 4) is 0 Å². The predicted molar refractivity (Wildman–Crippen MR) is 103 cm³/mol. The van der Waals surface area contributed by atoms with Crippen molar-refractivity contribution in [2.24, 2.45) is 0 Å². The number of hydrogen-bond acceptors (Lipinski definition) is 2. The minimum absolute atomic E-state index is 0.0451. The van der Waals surface area contributed by atoms with Gasteiger partial charge in [0.25, 0.3) is 0 Å². The van der Waals surface area contributed by atoms with Gasteiger partial charge in [-0.2, -0.15) is 8.78 Å². The smallest absolute Gasteiger partial charge is 0.301 e. The van der Waals surface area contributed by atoms with Crippen LogP contribution in [0.3, 0.4) is 0 Å². The van der Waals surface area contributed by atoms with Crippen LogP contribution in [0, 0.1) is 0 Å². The van der Waals surface area contributed by atoms with Crippen LogP contribution in [0.1, 0.15) is 39.2 Å². The SMILES string of the molecule is CC(C)(C)[Si](C)(C)O[C@@H](/C=C/[C@H]1CCC(=O)N1)C(F)(F)c1ccccc1. The zero-order valence-electron chi connectivity index (χ0n) is 16.2. The number of carbonyl (C=O) groups is 1. The molecule has 1 fully saturated rings. The lowest BCUT2D eigenvalue weighted by atomic mass is 10.0. The molecule has 1 aliphatic rings. The molecule has 1 N–H and O–H groups in total. The third kappa shape index (κ3) is 4.80. The Kier molecular flexibility index (Phi) is 6.08. The predicted octanol–water partition coefficient (Wildman–Crippen LogP) is 5.00. The van der Waals surface area contributed by atoms with Crippen molar-refractivity contribution in [2.45, 2.75) is 69.8 Å². The fourth-order valence-corrected chi connectivity index (χ4v) is 3.79. The van der Waals surface area contributed by atoms with Crippen molar-refractivity contribution in [1.29, 1.82) is 0 Å². The fourth-order valence-electron chi connectivity index (χ4n) is 2.57. The molecule has 0 bridgehead atoms. The molecular formula is C20H29F2NO2Si. The largest absolute Gasteiger partial charge is 0.404 e. The lowest BCUT2D eigenvalue weighted by molar-refractivity contribution is -0.119. The lowest BCUT2D eigenvalue weighted by Gasteiger charge is -2.40. The Morgan fingerprint density at radius 2 is 1.85 bits per heavy atom. The molecule has 6 heteroatoms. The summed E-state index contributed by atoms with van der Waals surface area (Å²) in [7, 11) is -2.42. The molecule has 1 aliphatic heterocycles. The van der Waals surface area contributed by atoms with Crippen molar-refractivity contribution < 1.29 is 18.0 Å². The van der Waals surface area contributed by atoms with Crippen molar-refractivity contribution in [1.82, 2.24) is 5.32 Å². The molecule has 144 valence electrons. The van der Waals surface area contributed by atoms with Crippen LogP contribution in [0.15, 0.2) is 42.5 Å². The van der Waals surface area contributed by atoms with E-state index in [0.717, 1.165) is 0 Å². The average molecular weight is 382 g/mol. The maximum atomic E-state index is 15.2. The van der Waals surface area contributed by atoms with E-state index in [0.29, 0.717) is 12.8 Å². The van der Waals surface area contributed by atoms with E-state index in [4.69, 9.17) is 4.43 Å². The monoisotopic (exact) mass is 381 g/mol. The van der Waals surface area contributed by atoms with Gasteiger partial charge in [-0.3, -0.25) is 4.79 Å². The summed E-state index contributed by atoms with van der Waals surface area (Å²) in [5.74, 6) is -3.20. The summed E-state index contributed by atoms with van der Waals surface area (Å²) in [5, 5.41) is 2.59. The van der Waals surface area contributed by atoms with Crippen molar-refractivity contribution in [3.63, 3.8) is 0 Å². The molecule has 1 amide bonds. The molecule has 0 unspecified atom stereocenters. The second kappa shape index (κ2) is 7.60. The minimum Gasteiger partial charge on any atom is -0.404 e. The Bertz CT molecular complexity index is 654. The molecule has 3 nitrogen and oxygen atoms in total. The Labute approximate surface area is 156 Å². The van der Waals surface area contributed by atoms with Gasteiger partial charge in [-0.05, 0) is 24.6 Å². The highest BCUT2D eigenvalue weighted by Gasteiger charge is 2.47. The van der Waals surface area contributed by atoms with Crippen LogP contribution in [-0.2, 0) is 15.1 Å². The lowest BCUT2D eigenvalue weighted by Crippen LogP contribution is -2.47. The van der Waals surface area contributed by atoms with Gasteiger partial charge in [-0.1, -0.05) is 63.3 Å². The number of benzene rings is 1. The first-order valence-corrected chi connectivity index (χ1v) is 11.9. The third-order valence-corrected chi connectivity index (χ3v) is 9.75. The summed E-state index contributed by atoms with van der Waals surface area (Å²) in [6.45, 7) is 10.0. The minimum atomic E-state index is -3.16. The number of rotatable bonds is 6. The van der Waals surface area contributed by atoms with Gasteiger partial charge >= 0.3 is 5.92 Å². The van der Waals surface area contributed by atoms with Crippen LogP contribution in [0.2, 0.25) is 18.1 Å². The van der Waals surface area contributed by atoms with E-state index in [1.165, 1.54) is 18.2 Å². The van der Waals surface area contributed by atoms with Gasteiger partial charge in [0.15, 0.2) is 8.32 Å². The van der Waals surface area contributed by atoms with Crippen LogP contribution in [0.25, 0.3) is 0 Å². The highest BCUT2D eigenvalue weighted by atomic mass is 28.4. The van der Waals surface area contributed by atoms with Crippen molar-refractivity contribution in [3.05, 3.63) is 48.0 Å². The van der Waals surface area contributed by atoms with Crippen LogP contribution >= 0.6 is 0 Å². The Hall–Kier alpha value is -1.53. The van der Waals surface area contributed by atoms with Gasteiger partial charge in [0.1, 0.15) is 6.10 Å². The number of alkyl halides is 2. The van der Waals surface area contributed by atoms with Crippen LogP contribution in [0.5, 0.6) is 0 Å².